The van der Waals surface area contributed by atoms with Crippen LogP contribution in [0.1, 0.15) is 11.1 Å². The molecular weight excluding hydrogens is 321 g/mol. The fourth-order valence-corrected chi connectivity index (χ4v) is 2.13. The van der Waals surface area contributed by atoms with Gasteiger partial charge in [-0.1, -0.05) is 41.4 Å². The Labute approximate surface area is 139 Å². The molecule has 0 unspecified atom stereocenters. The van der Waals surface area contributed by atoms with Gasteiger partial charge in [-0.3, -0.25) is 4.79 Å². The lowest BCUT2D eigenvalue weighted by Crippen LogP contribution is -2.20. The number of benzene rings is 2. The molecule has 0 saturated heterocycles. The Balaban J connectivity index is 1.92. The van der Waals surface area contributed by atoms with Crippen molar-refractivity contribution in [2.75, 3.05) is 7.11 Å². The molecule has 0 bridgehead atoms. The largest absolute Gasteiger partial charge is 0.497 e. The van der Waals surface area contributed by atoms with Gasteiger partial charge in [0.05, 0.1) is 17.2 Å². The van der Waals surface area contributed by atoms with Crippen LogP contribution in [0.5, 0.6) is 5.75 Å². The van der Waals surface area contributed by atoms with Gasteiger partial charge in [0.2, 0.25) is 5.91 Å². The molecule has 1 N–H and O–H groups in total. The van der Waals surface area contributed by atoms with Crippen molar-refractivity contribution < 1.29 is 9.53 Å². The molecule has 0 radical (unpaired) electrons. The van der Waals surface area contributed by atoms with Gasteiger partial charge in [-0.2, -0.15) is 0 Å². The summed E-state index contributed by atoms with van der Waals surface area (Å²) in [4.78, 5) is 11.8. The molecule has 2 aromatic carbocycles. The van der Waals surface area contributed by atoms with Gasteiger partial charge in [-0.25, -0.2) is 0 Å². The maximum absolute atomic E-state index is 11.8. The lowest BCUT2D eigenvalue weighted by molar-refractivity contribution is -0.116. The molecule has 0 aliphatic rings. The number of hydrogen-bond acceptors (Lipinski definition) is 2. The third kappa shape index (κ3) is 4.79. The van der Waals surface area contributed by atoms with Gasteiger partial charge >= 0.3 is 0 Å². The van der Waals surface area contributed by atoms with Crippen molar-refractivity contribution in [3.63, 3.8) is 0 Å². The second kappa shape index (κ2) is 7.87. The van der Waals surface area contributed by atoms with Crippen LogP contribution in [0.2, 0.25) is 10.0 Å². The van der Waals surface area contributed by atoms with Crippen molar-refractivity contribution in [1.82, 2.24) is 5.32 Å². The van der Waals surface area contributed by atoms with E-state index in [9.17, 15) is 4.79 Å². The molecule has 0 heterocycles. The number of carbonyl (C=O) groups excluding carboxylic acids is 1. The topological polar surface area (TPSA) is 38.3 Å². The Bertz CT molecular complexity index is 699. The van der Waals surface area contributed by atoms with Gasteiger partial charge in [-0.15, -0.1) is 0 Å². The van der Waals surface area contributed by atoms with E-state index in [0.29, 0.717) is 16.6 Å². The smallest absolute Gasteiger partial charge is 0.244 e. The Morgan fingerprint density at radius 2 is 2.00 bits per heavy atom. The molecule has 3 nitrogen and oxygen atoms in total. The predicted molar refractivity (Wildman–Crippen MR) is 90.3 cm³/mol. The van der Waals surface area contributed by atoms with Crippen molar-refractivity contribution in [2.45, 2.75) is 6.54 Å². The van der Waals surface area contributed by atoms with Crippen LogP contribution in [-0.4, -0.2) is 13.0 Å². The van der Waals surface area contributed by atoms with Gasteiger partial charge in [0.15, 0.2) is 0 Å². The van der Waals surface area contributed by atoms with Crippen LogP contribution in [0, 0.1) is 0 Å². The molecule has 0 aromatic heterocycles. The van der Waals surface area contributed by atoms with E-state index in [1.54, 1.807) is 31.4 Å². The van der Waals surface area contributed by atoms with Gasteiger partial charge in [0.25, 0.3) is 0 Å². The molecule has 0 saturated carbocycles. The molecular formula is C17H15Cl2NO2. The zero-order valence-electron chi connectivity index (χ0n) is 12.0. The van der Waals surface area contributed by atoms with Gasteiger partial charge in [0.1, 0.15) is 5.75 Å². The van der Waals surface area contributed by atoms with Crippen molar-refractivity contribution in [3.05, 3.63) is 69.7 Å². The van der Waals surface area contributed by atoms with Gasteiger partial charge < -0.3 is 10.1 Å². The highest BCUT2D eigenvalue weighted by molar-refractivity contribution is 6.42. The standard InChI is InChI=1S/C17H15Cl2NO2/c1-22-14-4-2-3-13(9-14)11-20-17(21)8-6-12-5-7-15(18)16(19)10-12/h2-10H,11H2,1H3,(H,20,21)/b8-6+. The van der Waals surface area contributed by atoms with Crippen LogP contribution < -0.4 is 10.1 Å². The second-order valence-electron chi connectivity index (χ2n) is 4.58. The van der Waals surface area contributed by atoms with Gasteiger partial charge in [0, 0.05) is 12.6 Å². The highest BCUT2D eigenvalue weighted by Gasteiger charge is 2.00. The third-order valence-corrected chi connectivity index (χ3v) is 3.71. The summed E-state index contributed by atoms with van der Waals surface area (Å²) < 4.78 is 5.14. The van der Waals surface area contributed by atoms with Crippen LogP contribution in [0.4, 0.5) is 0 Å². The summed E-state index contributed by atoms with van der Waals surface area (Å²) in [5.41, 5.74) is 1.78. The predicted octanol–water partition coefficient (Wildman–Crippen LogP) is 4.33. The Morgan fingerprint density at radius 1 is 1.18 bits per heavy atom. The fraction of sp³-hybridized carbons (Fsp3) is 0.118. The molecule has 2 aromatic rings. The molecule has 0 atom stereocenters. The number of amides is 1. The van der Waals surface area contributed by atoms with E-state index in [1.807, 2.05) is 24.3 Å². The van der Waals surface area contributed by atoms with E-state index in [0.717, 1.165) is 16.9 Å². The Kier molecular flexibility index (Phi) is 5.87. The van der Waals surface area contributed by atoms with Crippen LogP contribution in [-0.2, 0) is 11.3 Å². The van der Waals surface area contributed by atoms with Gasteiger partial charge in [-0.05, 0) is 41.5 Å². The van der Waals surface area contributed by atoms with Crippen LogP contribution in [0.3, 0.4) is 0 Å². The molecule has 2 rings (SSSR count). The Hall–Kier alpha value is -1.97. The molecule has 22 heavy (non-hydrogen) atoms. The highest BCUT2D eigenvalue weighted by Crippen LogP contribution is 2.23. The van der Waals surface area contributed by atoms with E-state index < -0.39 is 0 Å². The highest BCUT2D eigenvalue weighted by atomic mass is 35.5. The number of ether oxygens (including phenoxy) is 1. The summed E-state index contributed by atoms with van der Waals surface area (Å²) in [6, 6.07) is 12.7. The molecule has 0 aliphatic heterocycles. The zero-order chi connectivity index (χ0) is 15.9. The first-order valence-corrected chi connectivity index (χ1v) is 7.38. The van der Waals surface area contributed by atoms with Crippen LogP contribution in [0.25, 0.3) is 6.08 Å². The lowest BCUT2D eigenvalue weighted by Gasteiger charge is -2.05. The maximum atomic E-state index is 11.8. The lowest BCUT2D eigenvalue weighted by atomic mass is 10.2. The summed E-state index contributed by atoms with van der Waals surface area (Å²) in [6.45, 7) is 0.432. The van der Waals surface area contributed by atoms with E-state index in [4.69, 9.17) is 27.9 Å². The minimum absolute atomic E-state index is 0.186. The number of methoxy groups -OCH3 is 1. The normalized spacial score (nSPS) is 10.7. The Morgan fingerprint density at radius 3 is 2.73 bits per heavy atom. The van der Waals surface area contributed by atoms with Crippen LogP contribution >= 0.6 is 23.2 Å². The number of halogens is 2. The quantitative estimate of drug-likeness (QED) is 0.826. The number of rotatable bonds is 5. The van der Waals surface area contributed by atoms with E-state index in [2.05, 4.69) is 5.32 Å². The number of nitrogens with one attached hydrogen (secondary N) is 1. The van der Waals surface area contributed by atoms with Crippen molar-refractivity contribution in [1.29, 1.82) is 0 Å². The SMILES string of the molecule is COc1cccc(CNC(=O)/C=C/c2ccc(Cl)c(Cl)c2)c1. The minimum Gasteiger partial charge on any atom is -0.497 e. The summed E-state index contributed by atoms with van der Waals surface area (Å²) in [7, 11) is 1.61. The van der Waals surface area contributed by atoms with Crippen molar-refractivity contribution >= 4 is 35.2 Å². The molecule has 0 aliphatic carbocycles. The fourth-order valence-electron chi connectivity index (χ4n) is 1.82. The summed E-state index contributed by atoms with van der Waals surface area (Å²) >= 11 is 11.8. The molecule has 5 heteroatoms. The molecule has 1 amide bonds. The maximum Gasteiger partial charge on any atom is 0.244 e. The van der Waals surface area contributed by atoms with Crippen molar-refractivity contribution in [2.24, 2.45) is 0 Å². The average Bonchev–Trinajstić information content (AvgIpc) is 2.54. The average molecular weight is 336 g/mol. The first kappa shape index (κ1) is 16.4. The van der Waals surface area contributed by atoms with Crippen LogP contribution in [0.15, 0.2) is 48.5 Å². The van der Waals surface area contributed by atoms with E-state index >= 15 is 0 Å². The molecule has 114 valence electrons. The van der Waals surface area contributed by atoms with E-state index in [1.165, 1.54) is 6.08 Å². The zero-order valence-corrected chi connectivity index (χ0v) is 13.5. The molecule has 0 spiro atoms. The second-order valence-corrected chi connectivity index (χ2v) is 5.39. The monoisotopic (exact) mass is 335 g/mol. The van der Waals surface area contributed by atoms with E-state index in [-0.39, 0.29) is 5.91 Å². The first-order valence-electron chi connectivity index (χ1n) is 6.62. The number of hydrogen-bond donors (Lipinski definition) is 1. The summed E-state index contributed by atoms with van der Waals surface area (Å²) in [5.74, 6) is 0.576. The summed E-state index contributed by atoms with van der Waals surface area (Å²) in [6.07, 6.45) is 3.14. The number of carbonyl (C=O) groups is 1. The van der Waals surface area contributed by atoms with Crippen molar-refractivity contribution in [3.8, 4) is 5.75 Å². The third-order valence-electron chi connectivity index (χ3n) is 2.97. The minimum atomic E-state index is -0.186. The molecule has 0 fully saturated rings. The first-order chi connectivity index (χ1) is 10.6. The summed E-state index contributed by atoms with van der Waals surface area (Å²) in [5, 5.41) is 3.75.